The summed E-state index contributed by atoms with van der Waals surface area (Å²) in [6.07, 6.45) is 3.55. The molecule has 2 heterocycles. The summed E-state index contributed by atoms with van der Waals surface area (Å²) < 4.78 is 5.27. The molecule has 1 aromatic carbocycles. The van der Waals surface area contributed by atoms with Gasteiger partial charge in [-0.05, 0) is 36.6 Å². The summed E-state index contributed by atoms with van der Waals surface area (Å²) in [5.74, 6) is 2.05. The number of pyridine rings is 1. The Kier molecular flexibility index (Phi) is 9.83. The number of rotatable bonds is 7. The second-order valence-corrected chi connectivity index (χ2v) is 7.30. The molecule has 8 nitrogen and oxygen atoms in total. The third-order valence-corrected chi connectivity index (χ3v) is 5.25. The summed E-state index contributed by atoms with van der Waals surface area (Å²) in [5.41, 5.74) is 7.68. The molecule has 1 aromatic heterocycles. The number of nitrogens with two attached hydrogens (primary N) is 1. The average molecular weight is 538 g/mol. The predicted octanol–water partition coefficient (Wildman–Crippen LogP) is 2.28. The lowest BCUT2D eigenvalue weighted by molar-refractivity contribution is -0.122. The van der Waals surface area contributed by atoms with Crippen molar-refractivity contribution in [1.29, 1.82) is 0 Å². The number of hydrogen-bond donors (Lipinski definition) is 3. The monoisotopic (exact) mass is 538 g/mol. The number of hydrogen-bond acceptors (Lipinski definition) is 5. The van der Waals surface area contributed by atoms with Crippen molar-refractivity contribution in [3.05, 3.63) is 53.7 Å². The van der Waals surface area contributed by atoms with Crippen molar-refractivity contribution >= 4 is 41.7 Å². The average Bonchev–Trinajstić information content (AvgIpc) is 2.79. The zero-order chi connectivity index (χ0) is 21.3. The summed E-state index contributed by atoms with van der Waals surface area (Å²) >= 11 is 0. The SMILES string of the molecule is CN=C(NCc1cccc(OC)c1)NCc1cccnc1N1CCCC(C(N)=O)C1.I. The lowest BCUT2D eigenvalue weighted by atomic mass is 9.97. The van der Waals surface area contributed by atoms with Gasteiger partial charge in [-0.15, -0.1) is 24.0 Å². The maximum absolute atomic E-state index is 11.6. The van der Waals surface area contributed by atoms with Crippen LogP contribution in [0.1, 0.15) is 24.0 Å². The zero-order valence-corrected chi connectivity index (χ0v) is 20.3. The molecule has 0 aliphatic carbocycles. The number of halogens is 1. The summed E-state index contributed by atoms with van der Waals surface area (Å²) in [5, 5.41) is 6.66. The largest absolute Gasteiger partial charge is 0.497 e. The van der Waals surface area contributed by atoms with E-state index >= 15 is 0 Å². The number of piperidine rings is 1. The molecule has 1 aliphatic rings. The first kappa shape index (κ1) is 24.7. The summed E-state index contributed by atoms with van der Waals surface area (Å²) in [6.45, 7) is 2.68. The Morgan fingerprint density at radius 1 is 1.29 bits per heavy atom. The molecule has 2 aromatic rings. The highest BCUT2D eigenvalue weighted by molar-refractivity contribution is 14.0. The molecule has 0 radical (unpaired) electrons. The maximum atomic E-state index is 11.6. The molecule has 1 aliphatic heterocycles. The van der Waals surface area contributed by atoms with Gasteiger partial charge in [-0.2, -0.15) is 0 Å². The fourth-order valence-electron chi connectivity index (χ4n) is 3.62. The predicted molar refractivity (Wildman–Crippen MR) is 134 cm³/mol. The van der Waals surface area contributed by atoms with E-state index < -0.39 is 0 Å². The van der Waals surface area contributed by atoms with E-state index in [1.165, 1.54) is 0 Å². The Morgan fingerprint density at radius 2 is 2.10 bits per heavy atom. The fourth-order valence-corrected chi connectivity index (χ4v) is 3.62. The Balaban J connectivity index is 0.00000341. The van der Waals surface area contributed by atoms with Crippen LogP contribution in [0.5, 0.6) is 5.75 Å². The van der Waals surface area contributed by atoms with E-state index in [0.29, 0.717) is 25.6 Å². The van der Waals surface area contributed by atoms with Gasteiger partial charge in [0.2, 0.25) is 5.91 Å². The van der Waals surface area contributed by atoms with Crippen LogP contribution < -0.4 is 26.0 Å². The van der Waals surface area contributed by atoms with Gasteiger partial charge in [-0.25, -0.2) is 4.98 Å². The Labute approximate surface area is 200 Å². The van der Waals surface area contributed by atoms with Crippen LogP contribution in [0, 0.1) is 5.92 Å². The molecule has 0 spiro atoms. The smallest absolute Gasteiger partial charge is 0.222 e. The second-order valence-electron chi connectivity index (χ2n) is 7.30. The standard InChI is InChI=1S/C22H30N6O2.HI/c1-24-22(26-13-16-6-3-9-19(12-16)30-2)27-14-17-7-4-10-25-21(17)28-11-5-8-18(15-28)20(23)29;/h3-4,6-7,9-10,12,18H,5,8,11,13-15H2,1-2H3,(H2,23,29)(H2,24,26,27);1H. The number of primary amides is 1. The number of methoxy groups -OCH3 is 1. The lowest BCUT2D eigenvalue weighted by Gasteiger charge is -2.33. The molecule has 1 saturated heterocycles. The Hall–Kier alpha value is -2.56. The van der Waals surface area contributed by atoms with Crippen LogP contribution in [0.2, 0.25) is 0 Å². The number of carbonyl (C=O) groups excluding carboxylic acids is 1. The van der Waals surface area contributed by atoms with Crippen LogP contribution >= 0.6 is 24.0 Å². The Morgan fingerprint density at radius 3 is 2.84 bits per heavy atom. The minimum Gasteiger partial charge on any atom is -0.497 e. The van der Waals surface area contributed by atoms with Crippen molar-refractivity contribution in [3.8, 4) is 5.75 Å². The molecule has 0 bridgehead atoms. The number of carbonyl (C=O) groups is 1. The van der Waals surface area contributed by atoms with Crippen LogP contribution in [0.4, 0.5) is 5.82 Å². The number of benzene rings is 1. The van der Waals surface area contributed by atoms with Crippen molar-refractivity contribution in [2.24, 2.45) is 16.6 Å². The zero-order valence-electron chi connectivity index (χ0n) is 18.0. The highest BCUT2D eigenvalue weighted by Crippen LogP contribution is 2.24. The van der Waals surface area contributed by atoms with E-state index in [2.05, 4.69) is 25.5 Å². The molecule has 31 heavy (non-hydrogen) atoms. The van der Waals surface area contributed by atoms with E-state index in [1.54, 1.807) is 20.4 Å². The van der Waals surface area contributed by atoms with E-state index in [9.17, 15) is 4.79 Å². The first-order valence-electron chi connectivity index (χ1n) is 10.2. The van der Waals surface area contributed by atoms with Gasteiger partial charge < -0.3 is 26.0 Å². The highest BCUT2D eigenvalue weighted by Gasteiger charge is 2.25. The van der Waals surface area contributed by atoms with E-state index in [0.717, 1.165) is 42.1 Å². The summed E-state index contributed by atoms with van der Waals surface area (Å²) in [6, 6.07) is 11.9. The molecule has 1 amide bonds. The van der Waals surface area contributed by atoms with Gasteiger partial charge in [0.25, 0.3) is 0 Å². The van der Waals surface area contributed by atoms with Gasteiger partial charge in [-0.1, -0.05) is 18.2 Å². The van der Waals surface area contributed by atoms with E-state index in [-0.39, 0.29) is 35.8 Å². The van der Waals surface area contributed by atoms with Crippen LogP contribution in [-0.2, 0) is 17.9 Å². The number of amides is 1. The third kappa shape index (κ3) is 6.98. The van der Waals surface area contributed by atoms with Crippen molar-refractivity contribution in [3.63, 3.8) is 0 Å². The first-order valence-corrected chi connectivity index (χ1v) is 10.2. The number of aliphatic imine (C=N–C) groups is 1. The minimum absolute atomic E-state index is 0. The van der Waals surface area contributed by atoms with Crippen LogP contribution in [0.25, 0.3) is 0 Å². The third-order valence-electron chi connectivity index (χ3n) is 5.25. The van der Waals surface area contributed by atoms with Crippen molar-refractivity contribution in [2.75, 3.05) is 32.1 Å². The maximum Gasteiger partial charge on any atom is 0.222 e. The molecule has 4 N–H and O–H groups in total. The quantitative estimate of drug-likeness (QED) is 0.284. The molecular weight excluding hydrogens is 507 g/mol. The fraction of sp³-hybridized carbons (Fsp3) is 0.409. The highest BCUT2D eigenvalue weighted by atomic mass is 127. The molecular formula is C22H31IN6O2. The number of aromatic nitrogens is 1. The van der Waals surface area contributed by atoms with Gasteiger partial charge in [0.05, 0.1) is 13.0 Å². The minimum atomic E-state index is -0.238. The van der Waals surface area contributed by atoms with E-state index in [4.69, 9.17) is 10.5 Å². The van der Waals surface area contributed by atoms with Gasteiger partial charge in [0, 0.05) is 45.0 Å². The molecule has 3 rings (SSSR count). The van der Waals surface area contributed by atoms with Gasteiger partial charge in [0.1, 0.15) is 11.6 Å². The van der Waals surface area contributed by atoms with Crippen molar-refractivity contribution in [2.45, 2.75) is 25.9 Å². The number of nitrogens with zero attached hydrogens (tertiary/aromatic N) is 3. The van der Waals surface area contributed by atoms with Crippen molar-refractivity contribution in [1.82, 2.24) is 15.6 Å². The molecule has 9 heteroatoms. The topological polar surface area (TPSA) is 105 Å². The van der Waals surface area contributed by atoms with Crippen LogP contribution in [-0.4, -0.2) is 44.1 Å². The van der Waals surface area contributed by atoms with Gasteiger partial charge in [-0.3, -0.25) is 9.79 Å². The molecule has 168 valence electrons. The first-order chi connectivity index (χ1) is 14.6. The number of anilines is 1. The molecule has 0 saturated carbocycles. The number of guanidine groups is 1. The summed E-state index contributed by atoms with van der Waals surface area (Å²) in [4.78, 5) is 22.7. The lowest BCUT2D eigenvalue weighted by Crippen LogP contribution is -2.42. The van der Waals surface area contributed by atoms with Crippen molar-refractivity contribution < 1.29 is 9.53 Å². The molecule has 1 fully saturated rings. The van der Waals surface area contributed by atoms with E-state index in [1.807, 2.05) is 36.4 Å². The Bertz CT molecular complexity index is 892. The molecule has 1 atom stereocenters. The number of nitrogens with one attached hydrogen (secondary N) is 2. The van der Waals surface area contributed by atoms with Gasteiger partial charge >= 0.3 is 0 Å². The van der Waals surface area contributed by atoms with Gasteiger partial charge in [0.15, 0.2) is 5.96 Å². The summed E-state index contributed by atoms with van der Waals surface area (Å²) in [7, 11) is 3.40. The van der Waals surface area contributed by atoms with Crippen LogP contribution in [0.15, 0.2) is 47.6 Å². The normalized spacial score (nSPS) is 16.3. The van der Waals surface area contributed by atoms with Crippen LogP contribution in [0.3, 0.4) is 0 Å². The number of ether oxygens (including phenoxy) is 1. The molecule has 1 unspecified atom stereocenters. The second kappa shape index (κ2) is 12.3.